The highest BCUT2D eigenvalue weighted by atomic mass is 32.2. The fourth-order valence-corrected chi connectivity index (χ4v) is 3.11. The van der Waals surface area contributed by atoms with E-state index in [1.54, 1.807) is 13.8 Å². The number of sulfone groups is 1. The highest BCUT2D eigenvalue weighted by Crippen LogP contribution is 2.06. The lowest BCUT2D eigenvalue weighted by Crippen LogP contribution is -2.47. The van der Waals surface area contributed by atoms with E-state index in [2.05, 4.69) is 9.80 Å². The average Bonchev–Trinajstić information content (AvgIpc) is 2.31. The second-order valence-electron chi connectivity index (χ2n) is 5.18. The normalized spacial score (nSPS) is 19.6. The summed E-state index contributed by atoms with van der Waals surface area (Å²) in [6.07, 6.45) is 0.723. The van der Waals surface area contributed by atoms with Gasteiger partial charge < -0.3 is 10.0 Å². The topological polar surface area (TPSA) is 60.9 Å². The molecule has 0 saturated carbocycles. The summed E-state index contributed by atoms with van der Waals surface area (Å²) >= 11 is 0. The van der Waals surface area contributed by atoms with E-state index in [0.717, 1.165) is 45.7 Å². The van der Waals surface area contributed by atoms with Crippen molar-refractivity contribution in [2.75, 3.05) is 51.6 Å². The molecule has 1 fully saturated rings. The van der Waals surface area contributed by atoms with Crippen LogP contribution in [0.15, 0.2) is 0 Å². The van der Waals surface area contributed by atoms with Crippen LogP contribution in [-0.2, 0) is 9.84 Å². The largest absolute Gasteiger partial charge is 0.395 e. The van der Waals surface area contributed by atoms with Crippen molar-refractivity contribution in [2.24, 2.45) is 0 Å². The van der Waals surface area contributed by atoms with Crippen LogP contribution >= 0.6 is 0 Å². The summed E-state index contributed by atoms with van der Waals surface area (Å²) < 4.78 is 23.3. The van der Waals surface area contributed by atoms with Crippen molar-refractivity contribution in [3.8, 4) is 0 Å². The molecule has 0 bridgehead atoms. The monoisotopic (exact) mass is 278 g/mol. The third kappa shape index (κ3) is 5.22. The van der Waals surface area contributed by atoms with Gasteiger partial charge in [-0.25, -0.2) is 8.42 Å². The molecule has 18 heavy (non-hydrogen) atoms. The lowest BCUT2D eigenvalue weighted by Gasteiger charge is -2.34. The summed E-state index contributed by atoms with van der Waals surface area (Å²) in [5.74, 6) is 0.293. The van der Waals surface area contributed by atoms with E-state index < -0.39 is 9.84 Å². The Bertz CT molecular complexity index is 322. The SMILES string of the molecule is CC(C)S(=O)(=O)CCCN1CCN(CCO)CC1. The maximum atomic E-state index is 11.7. The number of hydrogen-bond acceptors (Lipinski definition) is 5. The van der Waals surface area contributed by atoms with Crippen LogP contribution in [0.1, 0.15) is 20.3 Å². The lowest BCUT2D eigenvalue weighted by molar-refractivity contribution is 0.113. The summed E-state index contributed by atoms with van der Waals surface area (Å²) in [6.45, 7) is 9.19. The fourth-order valence-electron chi connectivity index (χ4n) is 2.10. The first-order valence-electron chi connectivity index (χ1n) is 6.73. The van der Waals surface area contributed by atoms with Crippen LogP contribution in [0.25, 0.3) is 0 Å². The van der Waals surface area contributed by atoms with Crippen LogP contribution in [0.3, 0.4) is 0 Å². The Morgan fingerprint density at radius 2 is 1.56 bits per heavy atom. The molecule has 0 radical (unpaired) electrons. The molecule has 108 valence electrons. The van der Waals surface area contributed by atoms with E-state index in [1.165, 1.54) is 0 Å². The van der Waals surface area contributed by atoms with Gasteiger partial charge in [0.25, 0.3) is 0 Å². The molecule has 0 aliphatic carbocycles. The summed E-state index contributed by atoms with van der Waals surface area (Å²) in [5.41, 5.74) is 0. The minimum atomic E-state index is -2.89. The Morgan fingerprint density at radius 1 is 1.06 bits per heavy atom. The van der Waals surface area contributed by atoms with Crippen LogP contribution in [0.5, 0.6) is 0 Å². The number of β-amino-alcohol motifs (C(OH)–C–C–N with tert-alkyl or cyclic N) is 1. The van der Waals surface area contributed by atoms with Crippen LogP contribution in [-0.4, -0.2) is 80.2 Å². The molecule has 0 aromatic rings. The lowest BCUT2D eigenvalue weighted by atomic mass is 10.3. The van der Waals surface area contributed by atoms with E-state index >= 15 is 0 Å². The first-order chi connectivity index (χ1) is 8.45. The predicted octanol–water partition coefficient (Wildman–Crippen LogP) is -0.190. The first kappa shape index (κ1) is 15.9. The zero-order valence-electron chi connectivity index (χ0n) is 11.5. The van der Waals surface area contributed by atoms with Gasteiger partial charge in [-0.1, -0.05) is 0 Å². The second-order valence-corrected chi connectivity index (χ2v) is 7.85. The van der Waals surface area contributed by atoms with E-state index in [0.29, 0.717) is 5.75 Å². The van der Waals surface area contributed by atoms with Gasteiger partial charge in [-0.05, 0) is 26.8 Å². The van der Waals surface area contributed by atoms with Gasteiger partial charge in [-0.15, -0.1) is 0 Å². The van der Waals surface area contributed by atoms with Gasteiger partial charge in [0.1, 0.15) is 0 Å². The number of nitrogens with zero attached hydrogens (tertiary/aromatic N) is 2. The molecule has 6 heteroatoms. The highest BCUT2D eigenvalue weighted by Gasteiger charge is 2.18. The van der Waals surface area contributed by atoms with Gasteiger partial charge in [0.05, 0.1) is 17.6 Å². The van der Waals surface area contributed by atoms with Crippen LogP contribution in [0, 0.1) is 0 Å². The molecule has 1 N–H and O–H groups in total. The summed E-state index contributed by atoms with van der Waals surface area (Å²) in [6, 6.07) is 0. The summed E-state index contributed by atoms with van der Waals surface area (Å²) in [4.78, 5) is 4.55. The van der Waals surface area contributed by atoms with E-state index in [4.69, 9.17) is 5.11 Å². The van der Waals surface area contributed by atoms with Crippen molar-refractivity contribution in [3.63, 3.8) is 0 Å². The third-order valence-electron chi connectivity index (χ3n) is 3.50. The Hall–Kier alpha value is -0.170. The van der Waals surface area contributed by atoms with Crippen molar-refractivity contribution in [1.29, 1.82) is 0 Å². The molecule has 1 rings (SSSR count). The zero-order valence-corrected chi connectivity index (χ0v) is 12.3. The third-order valence-corrected chi connectivity index (χ3v) is 5.80. The van der Waals surface area contributed by atoms with Crippen LogP contribution in [0.2, 0.25) is 0 Å². The molecule has 1 heterocycles. The van der Waals surface area contributed by atoms with Crippen LogP contribution in [0.4, 0.5) is 0 Å². The molecule has 1 saturated heterocycles. The molecule has 0 spiro atoms. The van der Waals surface area contributed by atoms with Crippen molar-refractivity contribution < 1.29 is 13.5 Å². The van der Waals surface area contributed by atoms with E-state index in [1.807, 2.05) is 0 Å². The molecular weight excluding hydrogens is 252 g/mol. The van der Waals surface area contributed by atoms with E-state index in [-0.39, 0.29) is 11.9 Å². The summed E-state index contributed by atoms with van der Waals surface area (Å²) in [5, 5.41) is 8.58. The van der Waals surface area contributed by atoms with Crippen molar-refractivity contribution in [3.05, 3.63) is 0 Å². The standard InChI is InChI=1S/C12H26N2O3S/c1-12(2)18(16,17)11-3-4-13-5-7-14(8-6-13)9-10-15/h12,15H,3-11H2,1-2H3. The van der Waals surface area contributed by atoms with Gasteiger partial charge in [0, 0.05) is 32.7 Å². The average molecular weight is 278 g/mol. The number of piperazine rings is 1. The zero-order chi connectivity index (χ0) is 13.6. The smallest absolute Gasteiger partial charge is 0.152 e. The Balaban J connectivity index is 2.19. The molecule has 0 amide bonds. The van der Waals surface area contributed by atoms with Gasteiger partial charge in [0.2, 0.25) is 0 Å². The molecule has 1 aliphatic heterocycles. The Morgan fingerprint density at radius 3 is 2.00 bits per heavy atom. The maximum Gasteiger partial charge on any atom is 0.152 e. The van der Waals surface area contributed by atoms with Gasteiger partial charge in [-0.3, -0.25) is 4.90 Å². The highest BCUT2D eigenvalue weighted by molar-refractivity contribution is 7.91. The quantitative estimate of drug-likeness (QED) is 0.699. The second kappa shape index (κ2) is 7.43. The molecule has 0 atom stereocenters. The van der Waals surface area contributed by atoms with Gasteiger partial charge >= 0.3 is 0 Å². The fraction of sp³-hybridized carbons (Fsp3) is 1.00. The molecular formula is C12H26N2O3S. The van der Waals surface area contributed by atoms with E-state index in [9.17, 15) is 8.42 Å². The molecule has 0 aromatic heterocycles. The molecule has 0 aromatic carbocycles. The van der Waals surface area contributed by atoms with Crippen LogP contribution < -0.4 is 0 Å². The Kier molecular flexibility index (Phi) is 6.55. The van der Waals surface area contributed by atoms with Crippen molar-refractivity contribution in [2.45, 2.75) is 25.5 Å². The maximum absolute atomic E-state index is 11.7. The number of hydrogen-bond donors (Lipinski definition) is 1. The number of aliphatic hydroxyl groups excluding tert-OH is 1. The first-order valence-corrected chi connectivity index (χ1v) is 8.44. The minimum absolute atomic E-state index is 0.215. The molecule has 5 nitrogen and oxygen atoms in total. The molecule has 0 unspecified atom stereocenters. The van der Waals surface area contributed by atoms with Gasteiger partial charge in [-0.2, -0.15) is 0 Å². The predicted molar refractivity (Wildman–Crippen MR) is 73.5 cm³/mol. The van der Waals surface area contributed by atoms with Crippen molar-refractivity contribution in [1.82, 2.24) is 9.80 Å². The number of rotatable bonds is 7. The Labute approximate surface area is 111 Å². The van der Waals surface area contributed by atoms with Gasteiger partial charge in [0.15, 0.2) is 9.84 Å². The number of aliphatic hydroxyl groups is 1. The minimum Gasteiger partial charge on any atom is -0.395 e. The molecule has 1 aliphatic rings. The summed E-state index contributed by atoms with van der Waals surface area (Å²) in [7, 11) is -2.89. The van der Waals surface area contributed by atoms with Crippen molar-refractivity contribution >= 4 is 9.84 Å².